The Morgan fingerprint density at radius 1 is 1.46 bits per heavy atom. The molecule has 0 saturated carbocycles. The number of nitrogens with one attached hydrogen (secondary N) is 2. The first-order valence-corrected chi connectivity index (χ1v) is 9.06. The van der Waals surface area contributed by atoms with Crippen LogP contribution in [0, 0.1) is 17.1 Å². The van der Waals surface area contributed by atoms with E-state index < -0.39 is 21.4 Å². The molecule has 0 aliphatic carbocycles. The van der Waals surface area contributed by atoms with Crippen LogP contribution in [-0.4, -0.2) is 34.9 Å². The third-order valence-electron chi connectivity index (χ3n) is 4.03. The summed E-state index contributed by atoms with van der Waals surface area (Å²) in [6, 6.07) is 4.22. The van der Waals surface area contributed by atoms with Gasteiger partial charge in [0.1, 0.15) is 16.8 Å². The highest BCUT2D eigenvalue weighted by Crippen LogP contribution is 2.29. The zero-order valence-electron chi connectivity index (χ0n) is 14.0. The maximum atomic E-state index is 14.0. The van der Waals surface area contributed by atoms with Gasteiger partial charge in [-0.05, 0) is 26.0 Å². The van der Waals surface area contributed by atoms with E-state index in [-0.39, 0.29) is 33.7 Å². The highest BCUT2D eigenvalue weighted by atomic mass is 32.2. The minimum absolute atomic E-state index is 0.0183. The monoisotopic (exact) mass is 377 g/mol. The van der Waals surface area contributed by atoms with Gasteiger partial charge in [-0.3, -0.25) is 9.40 Å². The number of aliphatic hydroxyl groups is 1. The minimum Gasteiger partial charge on any atom is -0.394 e. The van der Waals surface area contributed by atoms with Crippen LogP contribution in [0.1, 0.15) is 19.4 Å². The summed E-state index contributed by atoms with van der Waals surface area (Å²) in [5, 5.41) is 22.4. The standard InChI is InChI=1S/C16H16FN5O3S/c1-16(2,9-23)22-8-11(7-20-22)26(24,25)21-13-4-3-12(17)14-10(5-18)6-19-15(13)14/h3-4,6-8,19,21,23H,9H2,1-2H3. The van der Waals surface area contributed by atoms with E-state index in [1.165, 1.54) is 23.1 Å². The summed E-state index contributed by atoms with van der Waals surface area (Å²) >= 11 is 0. The SMILES string of the molecule is CC(C)(CO)n1cc(S(=O)(=O)Nc2ccc(F)c3c(C#N)c[nH]c23)cn1. The molecule has 2 aromatic heterocycles. The van der Waals surface area contributed by atoms with Gasteiger partial charge in [0, 0.05) is 12.4 Å². The number of hydrogen-bond acceptors (Lipinski definition) is 5. The van der Waals surface area contributed by atoms with E-state index >= 15 is 0 Å². The van der Waals surface area contributed by atoms with Crippen molar-refractivity contribution in [3.63, 3.8) is 0 Å². The van der Waals surface area contributed by atoms with Crippen molar-refractivity contribution in [1.82, 2.24) is 14.8 Å². The molecule has 1 aromatic carbocycles. The topological polar surface area (TPSA) is 124 Å². The van der Waals surface area contributed by atoms with Crippen molar-refractivity contribution in [1.29, 1.82) is 5.26 Å². The van der Waals surface area contributed by atoms with Crippen molar-refractivity contribution in [2.75, 3.05) is 11.3 Å². The van der Waals surface area contributed by atoms with Crippen molar-refractivity contribution in [3.8, 4) is 6.07 Å². The molecule has 0 aliphatic heterocycles. The highest BCUT2D eigenvalue weighted by Gasteiger charge is 2.25. The Labute approximate surface area is 148 Å². The lowest BCUT2D eigenvalue weighted by atomic mass is 10.1. The van der Waals surface area contributed by atoms with Gasteiger partial charge < -0.3 is 10.1 Å². The molecule has 0 amide bonds. The number of fused-ring (bicyclic) bond motifs is 1. The van der Waals surface area contributed by atoms with Crippen molar-refractivity contribution >= 4 is 26.6 Å². The number of hydrogen-bond donors (Lipinski definition) is 3. The first kappa shape index (κ1) is 17.9. The van der Waals surface area contributed by atoms with Crippen LogP contribution >= 0.6 is 0 Å². The number of halogens is 1. The fraction of sp³-hybridized carbons (Fsp3) is 0.250. The zero-order valence-corrected chi connectivity index (χ0v) is 14.8. The Morgan fingerprint density at radius 2 is 2.19 bits per heavy atom. The number of aliphatic hydroxyl groups excluding tert-OH is 1. The fourth-order valence-corrected chi connectivity index (χ4v) is 3.43. The molecule has 0 spiro atoms. The maximum Gasteiger partial charge on any atom is 0.265 e. The van der Waals surface area contributed by atoms with Gasteiger partial charge in [-0.25, -0.2) is 12.8 Å². The number of H-pyrrole nitrogens is 1. The zero-order chi connectivity index (χ0) is 19.1. The average Bonchev–Trinajstić information content (AvgIpc) is 3.25. The van der Waals surface area contributed by atoms with Gasteiger partial charge in [-0.15, -0.1) is 0 Å². The normalized spacial score (nSPS) is 12.3. The molecular weight excluding hydrogens is 361 g/mol. The van der Waals surface area contributed by atoms with E-state index in [1.807, 2.05) is 6.07 Å². The van der Waals surface area contributed by atoms with Crippen LogP contribution < -0.4 is 4.72 Å². The number of aromatic amines is 1. The molecule has 0 atom stereocenters. The van der Waals surface area contributed by atoms with Gasteiger partial charge in [0.25, 0.3) is 10.0 Å². The Bertz CT molecular complexity index is 1120. The lowest BCUT2D eigenvalue weighted by Gasteiger charge is -2.21. The summed E-state index contributed by atoms with van der Waals surface area (Å²) in [6.45, 7) is 3.19. The van der Waals surface area contributed by atoms with E-state index in [0.717, 1.165) is 12.3 Å². The first-order chi connectivity index (χ1) is 12.2. The summed E-state index contributed by atoms with van der Waals surface area (Å²) in [4.78, 5) is 2.61. The van der Waals surface area contributed by atoms with Crippen LogP contribution in [0.15, 0.2) is 35.6 Å². The molecule has 0 bridgehead atoms. The molecule has 0 unspecified atom stereocenters. The van der Waals surface area contributed by atoms with Crippen molar-refractivity contribution in [2.45, 2.75) is 24.3 Å². The molecule has 0 aliphatic rings. The summed E-state index contributed by atoms with van der Waals surface area (Å²) in [6.07, 6.45) is 3.78. The molecule has 3 aromatic rings. The van der Waals surface area contributed by atoms with Gasteiger partial charge in [0.2, 0.25) is 0 Å². The molecule has 0 radical (unpaired) electrons. The maximum absolute atomic E-state index is 14.0. The number of nitrogens with zero attached hydrogens (tertiary/aromatic N) is 3. The molecule has 0 fully saturated rings. The Morgan fingerprint density at radius 3 is 2.85 bits per heavy atom. The molecule has 3 N–H and O–H groups in total. The first-order valence-electron chi connectivity index (χ1n) is 7.58. The number of aromatic nitrogens is 3. The second-order valence-electron chi connectivity index (χ2n) is 6.36. The van der Waals surface area contributed by atoms with E-state index in [0.29, 0.717) is 0 Å². The quantitative estimate of drug-likeness (QED) is 0.626. The highest BCUT2D eigenvalue weighted by molar-refractivity contribution is 7.92. The second kappa shape index (κ2) is 6.12. The Kier molecular flexibility index (Phi) is 4.21. The third-order valence-corrected chi connectivity index (χ3v) is 5.35. The van der Waals surface area contributed by atoms with Crippen LogP contribution in [0.4, 0.5) is 10.1 Å². The van der Waals surface area contributed by atoms with Crippen molar-refractivity contribution < 1.29 is 17.9 Å². The van der Waals surface area contributed by atoms with E-state index in [9.17, 15) is 17.9 Å². The smallest absolute Gasteiger partial charge is 0.265 e. The molecule has 0 saturated heterocycles. The molecule has 26 heavy (non-hydrogen) atoms. The average molecular weight is 377 g/mol. The van der Waals surface area contributed by atoms with Crippen LogP contribution in [0.3, 0.4) is 0 Å². The van der Waals surface area contributed by atoms with E-state index in [4.69, 9.17) is 5.26 Å². The third kappa shape index (κ3) is 2.91. The molecule has 10 heteroatoms. The van der Waals surface area contributed by atoms with E-state index in [1.54, 1.807) is 13.8 Å². The number of rotatable bonds is 5. The van der Waals surface area contributed by atoms with Crippen LogP contribution in [0.5, 0.6) is 0 Å². The predicted octanol–water partition coefficient (Wildman–Crippen LogP) is 1.90. The molecule has 136 valence electrons. The molecular formula is C16H16FN5O3S. The van der Waals surface area contributed by atoms with Gasteiger partial charge in [0.15, 0.2) is 0 Å². The van der Waals surface area contributed by atoms with Crippen LogP contribution in [-0.2, 0) is 15.6 Å². The Balaban J connectivity index is 2.01. The second-order valence-corrected chi connectivity index (χ2v) is 8.04. The van der Waals surface area contributed by atoms with Gasteiger partial charge in [-0.1, -0.05) is 0 Å². The molecule has 2 heterocycles. The van der Waals surface area contributed by atoms with E-state index in [2.05, 4.69) is 14.8 Å². The number of nitriles is 1. The summed E-state index contributed by atoms with van der Waals surface area (Å²) in [5.74, 6) is -0.627. The lowest BCUT2D eigenvalue weighted by molar-refractivity contribution is 0.152. The van der Waals surface area contributed by atoms with Gasteiger partial charge >= 0.3 is 0 Å². The van der Waals surface area contributed by atoms with Crippen molar-refractivity contribution in [2.24, 2.45) is 0 Å². The lowest BCUT2D eigenvalue weighted by Crippen LogP contribution is -2.30. The van der Waals surface area contributed by atoms with Crippen molar-refractivity contribution in [3.05, 3.63) is 42.1 Å². The van der Waals surface area contributed by atoms with Crippen LogP contribution in [0.2, 0.25) is 0 Å². The number of benzene rings is 1. The van der Waals surface area contributed by atoms with Gasteiger partial charge in [-0.2, -0.15) is 10.4 Å². The Hall–Kier alpha value is -2.90. The predicted molar refractivity (Wildman–Crippen MR) is 92.4 cm³/mol. The largest absolute Gasteiger partial charge is 0.394 e. The minimum atomic E-state index is -4.00. The molecule has 3 rings (SSSR count). The van der Waals surface area contributed by atoms with Crippen LogP contribution in [0.25, 0.3) is 10.9 Å². The summed E-state index contributed by atoms with van der Waals surface area (Å²) in [7, 11) is -4.00. The van der Waals surface area contributed by atoms with Gasteiger partial charge in [0.05, 0.1) is 40.5 Å². The summed E-state index contributed by atoms with van der Waals surface area (Å²) in [5.41, 5.74) is -0.403. The summed E-state index contributed by atoms with van der Waals surface area (Å²) < 4.78 is 43.0. The molecule has 8 nitrogen and oxygen atoms in total. The fourth-order valence-electron chi connectivity index (χ4n) is 2.43. The number of sulfonamides is 1. The number of anilines is 1.